The molecule has 0 saturated heterocycles. The van der Waals surface area contributed by atoms with Crippen LogP contribution in [0.15, 0.2) is 54.7 Å². The van der Waals surface area contributed by atoms with Gasteiger partial charge in [0.25, 0.3) is 5.91 Å². The van der Waals surface area contributed by atoms with Gasteiger partial charge in [0.2, 0.25) is 0 Å². The molecule has 0 spiro atoms. The summed E-state index contributed by atoms with van der Waals surface area (Å²) in [7, 11) is 0. The maximum atomic E-state index is 12.8. The van der Waals surface area contributed by atoms with Crippen LogP contribution in [0.2, 0.25) is 0 Å². The molecule has 9 heteroatoms. The number of hydrogen-bond acceptors (Lipinski definition) is 6. The minimum absolute atomic E-state index is 0.0230. The van der Waals surface area contributed by atoms with Crippen LogP contribution in [-0.2, 0) is 0 Å². The Morgan fingerprint density at radius 3 is 2.53 bits per heavy atom. The second-order valence-electron chi connectivity index (χ2n) is 9.38. The van der Waals surface area contributed by atoms with Gasteiger partial charge in [0.05, 0.1) is 28.6 Å². The highest BCUT2D eigenvalue weighted by Crippen LogP contribution is 2.38. The van der Waals surface area contributed by atoms with Gasteiger partial charge in [-0.05, 0) is 57.0 Å². The summed E-state index contributed by atoms with van der Waals surface area (Å²) in [6.07, 6.45) is 5.69. The van der Waals surface area contributed by atoms with Crippen molar-refractivity contribution in [1.29, 1.82) is 0 Å². The number of anilines is 1. The highest BCUT2D eigenvalue weighted by Gasteiger charge is 2.26. The largest absolute Gasteiger partial charge is 0.507 e. The summed E-state index contributed by atoms with van der Waals surface area (Å²) in [6, 6.07) is 13.7. The van der Waals surface area contributed by atoms with Crippen molar-refractivity contribution < 1.29 is 14.7 Å². The molecule has 2 heterocycles. The molecule has 2 amide bonds. The van der Waals surface area contributed by atoms with Crippen LogP contribution in [0, 0.1) is 0 Å². The zero-order valence-corrected chi connectivity index (χ0v) is 20.2. The maximum absolute atomic E-state index is 12.8. The van der Waals surface area contributed by atoms with Gasteiger partial charge in [-0.2, -0.15) is 9.78 Å². The molecule has 0 atom stereocenters. The topological polar surface area (TPSA) is 122 Å². The molecule has 0 radical (unpaired) electrons. The molecule has 9 nitrogen and oxygen atoms in total. The highest BCUT2D eigenvalue weighted by atomic mass is 16.3. The van der Waals surface area contributed by atoms with Gasteiger partial charge < -0.3 is 15.7 Å². The first kappa shape index (κ1) is 23.5. The summed E-state index contributed by atoms with van der Waals surface area (Å²) in [5.41, 5.74) is 3.75. The molecule has 4 aromatic rings. The predicted molar refractivity (Wildman–Crippen MR) is 137 cm³/mol. The first-order valence-electron chi connectivity index (χ1n) is 12.2. The van der Waals surface area contributed by atoms with Crippen LogP contribution < -0.4 is 10.6 Å². The van der Waals surface area contributed by atoms with E-state index in [1.807, 2.05) is 38.1 Å². The smallest absolute Gasteiger partial charge is 0.342 e. The number of benzene rings is 2. The van der Waals surface area contributed by atoms with Crippen LogP contribution in [0.25, 0.3) is 22.3 Å². The Balaban J connectivity index is 1.40. The van der Waals surface area contributed by atoms with Gasteiger partial charge in [-0.25, -0.2) is 9.78 Å². The number of nitrogens with zero attached hydrogens (tertiary/aromatic N) is 4. The van der Waals surface area contributed by atoms with Crippen LogP contribution in [0.3, 0.4) is 0 Å². The van der Waals surface area contributed by atoms with Gasteiger partial charge in [0.15, 0.2) is 0 Å². The Bertz CT molecular complexity index is 1440. The van der Waals surface area contributed by atoms with Gasteiger partial charge in [0, 0.05) is 29.3 Å². The van der Waals surface area contributed by atoms with Crippen LogP contribution in [0.5, 0.6) is 5.75 Å². The lowest BCUT2D eigenvalue weighted by Crippen LogP contribution is -2.35. The van der Waals surface area contributed by atoms with E-state index in [4.69, 9.17) is 0 Å². The molecule has 1 saturated carbocycles. The summed E-state index contributed by atoms with van der Waals surface area (Å²) in [6.45, 7) is 3.81. The minimum atomic E-state index is -0.432. The van der Waals surface area contributed by atoms with Gasteiger partial charge in [-0.3, -0.25) is 9.78 Å². The lowest BCUT2D eigenvalue weighted by atomic mass is 10.0. The number of rotatable bonds is 5. The number of phenolic OH excluding ortho intramolecular Hbond substituents is 1. The van der Waals surface area contributed by atoms with Crippen molar-refractivity contribution in [3.63, 3.8) is 0 Å². The second-order valence-corrected chi connectivity index (χ2v) is 9.38. The predicted octanol–water partition coefficient (Wildman–Crippen LogP) is 5.07. The number of para-hydroxylation sites is 2. The van der Waals surface area contributed by atoms with E-state index in [1.54, 1.807) is 18.2 Å². The minimum Gasteiger partial charge on any atom is -0.507 e. The summed E-state index contributed by atoms with van der Waals surface area (Å²) in [5.74, 6) is -0.226. The number of carbonyl (C=O) groups is 2. The highest BCUT2D eigenvalue weighted by molar-refractivity contribution is 6.03. The molecule has 0 aliphatic heterocycles. The van der Waals surface area contributed by atoms with Crippen molar-refractivity contribution in [3.8, 4) is 17.0 Å². The van der Waals surface area contributed by atoms with Crippen LogP contribution in [-0.4, -0.2) is 42.8 Å². The first-order valence-corrected chi connectivity index (χ1v) is 12.2. The standard InChI is InChI=1S/C27H28N6O3/c1-16(2)29-27(36)33-24(17-7-3-4-8-17)14-22(32-33)19-12-11-18(13-25(19)34)30-26(35)23-15-28-20-9-5-6-10-21(20)31-23/h5-6,9-17,34H,3-4,7-8H2,1-2H3,(H,29,36)(H,30,35). The molecular weight excluding hydrogens is 456 g/mol. The molecule has 1 aliphatic rings. The average Bonchev–Trinajstić information content (AvgIpc) is 3.54. The number of carbonyl (C=O) groups excluding carboxylic acids is 2. The molecule has 0 bridgehead atoms. The molecule has 1 aliphatic carbocycles. The van der Waals surface area contributed by atoms with Crippen molar-refractivity contribution in [2.45, 2.75) is 51.5 Å². The van der Waals surface area contributed by atoms with E-state index in [9.17, 15) is 14.7 Å². The first-order chi connectivity index (χ1) is 17.4. The maximum Gasteiger partial charge on any atom is 0.342 e. The van der Waals surface area contributed by atoms with Gasteiger partial charge in [-0.1, -0.05) is 25.0 Å². The number of phenols is 1. The Morgan fingerprint density at radius 1 is 1.06 bits per heavy atom. The molecule has 5 rings (SSSR count). The van der Waals surface area contributed by atoms with E-state index in [-0.39, 0.29) is 29.4 Å². The third kappa shape index (κ3) is 4.77. The van der Waals surface area contributed by atoms with E-state index in [0.29, 0.717) is 28.0 Å². The van der Waals surface area contributed by atoms with Gasteiger partial charge >= 0.3 is 6.03 Å². The number of hydrogen-bond donors (Lipinski definition) is 3. The monoisotopic (exact) mass is 484 g/mol. The van der Waals surface area contributed by atoms with Crippen LogP contribution >= 0.6 is 0 Å². The van der Waals surface area contributed by atoms with E-state index in [2.05, 4.69) is 25.7 Å². The van der Waals surface area contributed by atoms with Crippen molar-refractivity contribution in [3.05, 3.63) is 66.1 Å². The summed E-state index contributed by atoms with van der Waals surface area (Å²) in [4.78, 5) is 34.2. The Labute approximate surface area is 208 Å². The molecule has 36 heavy (non-hydrogen) atoms. The average molecular weight is 485 g/mol. The SMILES string of the molecule is CC(C)NC(=O)n1nc(-c2ccc(NC(=O)c3cnc4ccccc4n3)cc2O)cc1C1CCCC1. The van der Waals surface area contributed by atoms with Gasteiger partial charge in [-0.15, -0.1) is 0 Å². The summed E-state index contributed by atoms with van der Waals surface area (Å²) >= 11 is 0. The molecule has 184 valence electrons. The number of fused-ring (bicyclic) bond motifs is 1. The third-order valence-electron chi connectivity index (χ3n) is 6.33. The normalized spacial score (nSPS) is 13.9. The van der Waals surface area contributed by atoms with E-state index in [0.717, 1.165) is 31.4 Å². The fourth-order valence-electron chi connectivity index (χ4n) is 4.60. The summed E-state index contributed by atoms with van der Waals surface area (Å²) in [5, 5.41) is 21.0. The van der Waals surface area contributed by atoms with Crippen molar-refractivity contribution in [1.82, 2.24) is 25.1 Å². The molecule has 2 aromatic heterocycles. The summed E-state index contributed by atoms with van der Waals surface area (Å²) < 4.78 is 1.43. The van der Waals surface area contributed by atoms with E-state index < -0.39 is 5.91 Å². The quantitative estimate of drug-likeness (QED) is 0.363. The van der Waals surface area contributed by atoms with Crippen LogP contribution in [0.1, 0.15) is 61.6 Å². The lowest BCUT2D eigenvalue weighted by Gasteiger charge is -2.13. The van der Waals surface area contributed by atoms with Gasteiger partial charge in [0.1, 0.15) is 11.4 Å². The van der Waals surface area contributed by atoms with Crippen LogP contribution in [0.4, 0.5) is 10.5 Å². The Kier molecular flexibility index (Phi) is 6.37. The number of amides is 2. The number of aromatic nitrogens is 4. The lowest BCUT2D eigenvalue weighted by molar-refractivity contribution is 0.102. The fraction of sp³-hybridized carbons (Fsp3) is 0.296. The molecular formula is C27H28N6O3. The Hall–Kier alpha value is -4.27. The van der Waals surface area contributed by atoms with E-state index >= 15 is 0 Å². The fourth-order valence-corrected chi connectivity index (χ4v) is 4.60. The van der Waals surface area contributed by atoms with Crippen molar-refractivity contribution in [2.75, 3.05) is 5.32 Å². The van der Waals surface area contributed by atoms with Crippen molar-refractivity contribution in [2.24, 2.45) is 0 Å². The molecule has 0 unspecified atom stereocenters. The zero-order chi connectivity index (χ0) is 25.2. The number of nitrogens with one attached hydrogen (secondary N) is 2. The molecule has 1 fully saturated rings. The Morgan fingerprint density at radius 2 is 1.81 bits per heavy atom. The zero-order valence-electron chi connectivity index (χ0n) is 20.2. The van der Waals surface area contributed by atoms with Crippen molar-refractivity contribution >= 4 is 28.7 Å². The second kappa shape index (κ2) is 9.77. The van der Waals surface area contributed by atoms with E-state index in [1.165, 1.54) is 16.9 Å². The molecule has 3 N–H and O–H groups in total. The third-order valence-corrected chi connectivity index (χ3v) is 6.33. The number of aromatic hydroxyl groups is 1. The molecule has 2 aromatic carbocycles.